The van der Waals surface area contributed by atoms with Crippen LogP contribution in [0.25, 0.3) is 0 Å². The van der Waals surface area contributed by atoms with Gasteiger partial charge in [-0.15, -0.1) is 0 Å². The molecule has 1 amide bonds. The summed E-state index contributed by atoms with van der Waals surface area (Å²) in [5, 5.41) is 0. The number of fused-ring (bicyclic) bond motifs is 3. The maximum Gasteiger partial charge on any atom is 0.281 e. The van der Waals surface area contributed by atoms with Crippen molar-refractivity contribution < 1.29 is 17.6 Å². The Bertz CT molecular complexity index is 971. The molecule has 2 aliphatic rings. The van der Waals surface area contributed by atoms with Crippen LogP contribution in [0.15, 0.2) is 42.6 Å². The number of carbonyl (C=O) groups excluding carboxylic acids is 1. The van der Waals surface area contributed by atoms with Crippen LogP contribution in [0.4, 0.5) is 4.39 Å². The molecule has 2 atom stereocenters. The Morgan fingerprint density at radius 1 is 1.11 bits per heavy atom. The first kappa shape index (κ1) is 18.1. The van der Waals surface area contributed by atoms with Gasteiger partial charge < -0.3 is 9.47 Å². The summed E-state index contributed by atoms with van der Waals surface area (Å²) in [6, 6.07) is 9.14. The molecule has 4 rings (SSSR count). The molecule has 3 heterocycles. The summed E-state index contributed by atoms with van der Waals surface area (Å²) < 4.78 is 42.9. The van der Waals surface area contributed by atoms with Gasteiger partial charge in [0.2, 0.25) is 0 Å². The van der Waals surface area contributed by atoms with E-state index in [1.165, 1.54) is 34.8 Å². The lowest BCUT2D eigenvalue weighted by molar-refractivity contribution is 0.0559. The zero-order chi connectivity index (χ0) is 19.3. The van der Waals surface area contributed by atoms with Crippen molar-refractivity contribution in [3.05, 3.63) is 59.7 Å². The fourth-order valence-corrected chi connectivity index (χ4v) is 5.02. The maximum absolute atomic E-state index is 13.2. The van der Waals surface area contributed by atoms with E-state index in [1.54, 1.807) is 29.2 Å². The fraction of sp³-hybridized carbons (Fsp3) is 0.389. The van der Waals surface area contributed by atoms with Crippen molar-refractivity contribution in [3.8, 4) is 0 Å². The fourth-order valence-electron chi connectivity index (χ4n) is 3.87. The van der Waals surface area contributed by atoms with Crippen LogP contribution in [0.1, 0.15) is 22.1 Å². The van der Waals surface area contributed by atoms with Crippen molar-refractivity contribution in [3.63, 3.8) is 0 Å². The van der Waals surface area contributed by atoms with Gasteiger partial charge in [-0.1, -0.05) is 12.1 Å². The molecule has 1 saturated heterocycles. The van der Waals surface area contributed by atoms with Gasteiger partial charge in [0.05, 0.1) is 12.1 Å². The molecule has 0 N–H and O–H groups in total. The monoisotopic (exact) mass is 392 g/mol. The summed E-state index contributed by atoms with van der Waals surface area (Å²) in [6.45, 7) is 0.844. The van der Waals surface area contributed by atoms with Crippen molar-refractivity contribution in [2.75, 3.05) is 27.2 Å². The van der Waals surface area contributed by atoms with Crippen LogP contribution in [0.2, 0.25) is 0 Å². The Labute approximate surface area is 157 Å². The molecule has 1 aromatic heterocycles. The second-order valence-corrected chi connectivity index (χ2v) is 9.24. The van der Waals surface area contributed by atoms with Gasteiger partial charge >= 0.3 is 0 Å². The van der Waals surface area contributed by atoms with Crippen molar-refractivity contribution in [2.24, 2.45) is 0 Å². The first-order valence-corrected chi connectivity index (χ1v) is 10.1. The van der Waals surface area contributed by atoms with Crippen molar-refractivity contribution in [1.29, 1.82) is 0 Å². The highest BCUT2D eigenvalue weighted by molar-refractivity contribution is 7.86. The number of rotatable bonds is 4. The van der Waals surface area contributed by atoms with Gasteiger partial charge in [0, 0.05) is 39.9 Å². The Kier molecular flexibility index (Phi) is 4.32. The first-order chi connectivity index (χ1) is 12.8. The van der Waals surface area contributed by atoms with Gasteiger partial charge in [-0.2, -0.15) is 17.0 Å². The molecule has 0 radical (unpaired) electrons. The molecule has 7 nitrogen and oxygen atoms in total. The van der Waals surface area contributed by atoms with Gasteiger partial charge in [-0.25, -0.2) is 4.39 Å². The smallest absolute Gasteiger partial charge is 0.281 e. The normalized spacial score (nSPS) is 23.0. The van der Waals surface area contributed by atoms with Gasteiger partial charge in [0.15, 0.2) is 0 Å². The quantitative estimate of drug-likeness (QED) is 0.788. The molecule has 9 heteroatoms. The average molecular weight is 392 g/mol. The Morgan fingerprint density at radius 3 is 2.44 bits per heavy atom. The second kappa shape index (κ2) is 6.43. The molecular formula is C18H21FN4O3S. The molecule has 0 bridgehead atoms. The molecule has 0 saturated carbocycles. The summed E-state index contributed by atoms with van der Waals surface area (Å²) in [5.41, 5.74) is 1.35. The van der Waals surface area contributed by atoms with E-state index in [9.17, 15) is 17.6 Å². The molecule has 1 aromatic carbocycles. The largest absolute Gasteiger partial charge is 0.337 e. The summed E-state index contributed by atoms with van der Waals surface area (Å²) in [7, 11) is -0.574. The van der Waals surface area contributed by atoms with E-state index in [4.69, 9.17) is 0 Å². The topological polar surface area (TPSA) is 65.9 Å². The third-order valence-electron chi connectivity index (χ3n) is 5.30. The van der Waals surface area contributed by atoms with E-state index in [-0.39, 0.29) is 30.4 Å². The SMILES string of the molecule is CN(C)S(=O)(=O)N1CC2C(C1)n1cccc1C(=O)N2Cc1ccc(F)cc1. The van der Waals surface area contributed by atoms with Crippen LogP contribution in [-0.4, -0.2) is 65.6 Å². The van der Waals surface area contributed by atoms with Crippen LogP contribution in [0.5, 0.6) is 0 Å². The van der Waals surface area contributed by atoms with E-state index in [2.05, 4.69) is 0 Å². The van der Waals surface area contributed by atoms with Crippen LogP contribution in [-0.2, 0) is 16.8 Å². The molecule has 2 unspecified atom stereocenters. The van der Waals surface area contributed by atoms with Gasteiger partial charge in [0.1, 0.15) is 11.5 Å². The van der Waals surface area contributed by atoms with Crippen molar-refractivity contribution in [1.82, 2.24) is 18.1 Å². The van der Waals surface area contributed by atoms with Crippen molar-refractivity contribution >= 4 is 16.1 Å². The molecule has 2 aliphatic heterocycles. The van der Waals surface area contributed by atoms with E-state index < -0.39 is 10.2 Å². The number of carbonyl (C=O) groups is 1. The van der Waals surface area contributed by atoms with E-state index in [0.29, 0.717) is 18.8 Å². The minimum atomic E-state index is -3.57. The van der Waals surface area contributed by atoms with Gasteiger partial charge in [-0.05, 0) is 29.8 Å². The minimum absolute atomic E-state index is 0.144. The maximum atomic E-state index is 13.2. The number of aromatic nitrogens is 1. The van der Waals surface area contributed by atoms with E-state index in [1.807, 2.05) is 10.8 Å². The third kappa shape index (κ3) is 2.95. The standard InChI is InChI=1S/C18H21FN4O3S/c1-20(2)27(25,26)21-11-16-17(12-21)23(10-13-5-7-14(19)8-6-13)18(24)15-4-3-9-22(15)16/h3-9,16-17H,10-12H2,1-2H3. The predicted octanol–water partition coefficient (Wildman–Crippen LogP) is 1.31. The highest BCUT2D eigenvalue weighted by Gasteiger charge is 2.48. The highest BCUT2D eigenvalue weighted by atomic mass is 32.2. The number of nitrogens with zero attached hydrogens (tertiary/aromatic N) is 4. The predicted molar refractivity (Wildman–Crippen MR) is 97.7 cm³/mol. The number of hydrogen-bond acceptors (Lipinski definition) is 3. The Balaban J connectivity index is 1.70. The molecule has 2 aromatic rings. The lowest BCUT2D eigenvalue weighted by Gasteiger charge is -2.38. The number of hydrogen-bond donors (Lipinski definition) is 0. The summed E-state index contributed by atoms with van der Waals surface area (Å²) in [4.78, 5) is 14.7. The lowest BCUT2D eigenvalue weighted by atomic mass is 10.0. The van der Waals surface area contributed by atoms with Crippen LogP contribution in [0, 0.1) is 5.82 Å². The molecule has 1 fully saturated rings. The summed E-state index contributed by atoms with van der Waals surface area (Å²) in [5.74, 6) is -0.478. The molecule has 0 spiro atoms. The Hall–Kier alpha value is -2.23. The lowest BCUT2D eigenvalue weighted by Crippen LogP contribution is -2.50. The van der Waals surface area contributed by atoms with Crippen LogP contribution >= 0.6 is 0 Å². The molecule has 27 heavy (non-hydrogen) atoms. The average Bonchev–Trinajstić information content (AvgIpc) is 3.27. The van der Waals surface area contributed by atoms with Gasteiger partial charge in [0.25, 0.3) is 16.1 Å². The molecule has 144 valence electrons. The molecular weight excluding hydrogens is 371 g/mol. The zero-order valence-electron chi connectivity index (χ0n) is 15.1. The van der Waals surface area contributed by atoms with Crippen molar-refractivity contribution in [2.45, 2.75) is 18.6 Å². The van der Waals surface area contributed by atoms with Crippen LogP contribution < -0.4 is 0 Å². The van der Waals surface area contributed by atoms with E-state index in [0.717, 1.165) is 5.56 Å². The molecule has 0 aliphatic carbocycles. The summed E-state index contributed by atoms with van der Waals surface area (Å²) in [6.07, 6.45) is 1.83. The van der Waals surface area contributed by atoms with Gasteiger partial charge in [-0.3, -0.25) is 4.79 Å². The first-order valence-electron chi connectivity index (χ1n) is 8.69. The second-order valence-electron chi connectivity index (χ2n) is 7.10. The van der Waals surface area contributed by atoms with Crippen LogP contribution in [0.3, 0.4) is 0 Å². The highest BCUT2D eigenvalue weighted by Crippen LogP contribution is 2.36. The number of halogens is 1. The zero-order valence-corrected chi connectivity index (χ0v) is 15.9. The third-order valence-corrected chi connectivity index (χ3v) is 7.17. The Morgan fingerprint density at radius 2 is 1.78 bits per heavy atom. The van der Waals surface area contributed by atoms with E-state index >= 15 is 0 Å². The summed E-state index contributed by atoms with van der Waals surface area (Å²) >= 11 is 0. The minimum Gasteiger partial charge on any atom is -0.337 e. The number of amides is 1. The number of benzene rings is 1.